The van der Waals surface area contributed by atoms with Gasteiger partial charge < -0.3 is 15.2 Å². The average molecular weight is 230 g/mol. The molecule has 0 bridgehead atoms. The standard InChI is InChI=1S/C10H18N2O4/c1-10(7-16-2,9(14)15)12-5-3-8(13)11-4-6-12/h3-7H2,1-2H3,(H,11,13)(H,14,15). The molecule has 0 aliphatic carbocycles. The van der Waals surface area contributed by atoms with Gasteiger partial charge in [-0.25, -0.2) is 0 Å². The van der Waals surface area contributed by atoms with E-state index in [1.54, 1.807) is 11.8 Å². The summed E-state index contributed by atoms with van der Waals surface area (Å²) in [5.74, 6) is -0.962. The largest absolute Gasteiger partial charge is 0.480 e. The monoisotopic (exact) mass is 230 g/mol. The highest BCUT2D eigenvalue weighted by Crippen LogP contribution is 2.17. The van der Waals surface area contributed by atoms with E-state index < -0.39 is 11.5 Å². The quantitative estimate of drug-likeness (QED) is 0.667. The van der Waals surface area contributed by atoms with Gasteiger partial charge in [-0.05, 0) is 6.92 Å². The zero-order chi connectivity index (χ0) is 12.2. The van der Waals surface area contributed by atoms with Crippen LogP contribution in [0.4, 0.5) is 0 Å². The molecule has 1 saturated heterocycles. The van der Waals surface area contributed by atoms with Gasteiger partial charge in [0.15, 0.2) is 0 Å². The van der Waals surface area contributed by atoms with Crippen molar-refractivity contribution in [2.24, 2.45) is 0 Å². The first-order chi connectivity index (χ1) is 7.50. The summed E-state index contributed by atoms with van der Waals surface area (Å²) in [6.07, 6.45) is 0.326. The third kappa shape index (κ3) is 2.70. The number of rotatable bonds is 4. The van der Waals surface area contributed by atoms with Gasteiger partial charge in [0.2, 0.25) is 5.91 Å². The third-order valence-electron chi connectivity index (χ3n) is 2.90. The molecule has 6 heteroatoms. The van der Waals surface area contributed by atoms with Crippen LogP contribution in [0.15, 0.2) is 0 Å². The van der Waals surface area contributed by atoms with Gasteiger partial charge >= 0.3 is 5.97 Å². The molecule has 1 rings (SSSR count). The van der Waals surface area contributed by atoms with E-state index >= 15 is 0 Å². The molecular weight excluding hydrogens is 212 g/mol. The fraction of sp³-hybridized carbons (Fsp3) is 0.800. The van der Waals surface area contributed by atoms with Crippen LogP contribution in [0.1, 0.15) is 13.3 Å². The van der Waals surface area contributed by atoms with Crippen molar-refractivity contribution < 1.29 is 19.4 Å². The van der Waals surface area contributed by atoms with E-state index in [4.69, 9.17) is 4.74 Å². The fourth-order valence-electron chi connectivity index (χ4n) is 1.83. The lowest BCUT2D eigenvalue weighted by Crippen LogP contribution is -2.56. The van der Waals surface area contributed by atoms with Crippen molar-refractivity contribution in [3.05, 3.63) is 0 Å². The van der Waals surface area contributed by atoms with Gasteiger partial charge in [0.05, 0.1) is 6.61 Å². The van der Waals surface area contributed by atoms with E-state index in [1.807, 2.05) is 0 Å². The number of nitrogens with zero attached hydrogens (tertiary/aromatic N) is 1. The lowest BCUT2D eigenvalue weighted by Gasteiger charge is -2.36. The van der Waals surface area contributed by atoms with Crippen LogP contribution in [0.2, 0.25) is 0 Å². The molecule has 0 aromatic rings. The topological polar surface area (TPSA) is 78.9 Å². The molecule has 1 unspecified atom stereocenters. The third-order valence-corrected chi connectivity index (χ3v) is 2.90. The van der Waals surface area contributed by atoms with Crippen molar-refractivity contribution in [3.63, 3.8) is 0 Å². The summed E-state index contributed by atoms with van der Waals surface area (Å²) >= 11 is 0. The molecule has 1 aliphatic rings. The predicted molar refractivity (Wildman–Crippen MR) is 57.1 cm³/mol. The Morgan fingerprint density at radius 1 is 1.62 bits per heavy atom. The van der Waals surface area contributed by atoms with Crippen molar-refractivity contribution in [1.82, 2.24) is 10.2 Å². The summed E-state index contributed by atoms with van der Waals surface area (Å²) < 4.78 is 4.96. The maximum Gasteiger partial charge on any atom is 0.326 e. The molecule has 1 atom stereocenters. The highest BCUT2D eigenvalue weighted by Gasteiger charge is 2.40. The number of hydrogen-bond acceptors (Lipinski definition) is 4. The molecule has 0 radical (unpaired) electrons. The lowest BCUT2D eigenvalue weighted by molar-refractivity contribution is -0.154. The number of carboxylic acids is 1. The predicted octanol–water partition coefficient (Wildman–Crippen LogP) is -0.702. The highest BCUT2D eigenvalue weighted by molar-refractivity contribution is 5.79. The van der Waals surface area contributed by atoms with Crippen molar-refractivity contribution in [2.45, 2.75) is 18.9 Å². The molecule has 1 aliphatic heterocycles. The Hall–Kier alpha value is -1.14. The second-order valence-corrected chi connectivity index (χ2v) is 4.10. The van der Waals surface area contributed by atoms with Gasteiger partial charge in [-0.1, -0.05) is 0 Å². The average Bonchev–Trinajstić information content (AvgIpc) is 2.43. The van der Waals surface area contributed by atoms with E-state index in [9.17, 15) is 14.7 Å². The SMILES string of the molecule is COCC(C)(C(=O)O)N1CCNC(=O)CC1. The van der Waals surface area contributed by atoms with Gasteiger partial charge in [0, 0.05) is 33.2 Å². The van der Waals surface area contributed by atoms with Crippen LogP contribution < -0.4 is 5.32 Å². The molecule has 0 aromatic carbocycles. The molecule has 1 fully saturated rings. The van der Waals surface area contributed by atoms with E-state index in [1.165, 1.54) is 7.11 Å². The second kappa shape index (κ2) is 5.27. The maximum atomic E-state index is 11.3. The van der Waals surface area contributed by atoms with Crippen LogP contribution in [-0.4, -0.2) is 60.8 Å². The summed E-state index contributed by atoms with van der Waals surface area (Å²) in [6, 6.07) is 0. The minimum absolute atomic E-state index is 0.0346. The van der Waals surface area contributed by atoms with E-state index in [0.717, 1.165) is 0 Å². The van der Waals surface area contributed by atoms with Crippen molar-refractivity contribution in [1.29, 1.82) is 0 Å². The summed E-state index contributed by atoms with van der Waals surface area (Å²) in [4.78, 5) is 24.2. The number of nitrogens with one attached hydrogen (secondary N) is 1. The Kier molecular flexibility index (Phi) is 4.26. The lowest BCUT2D eigenvalue weighted by atomic mass is 10.0. The molecule has 0 spiro atoms. The Bertz CT molecular complexity index is 282. The molecular formula is C10H18N2O4. The first-order valence-electron chi connectivity index (χ1n) is 5.25. The molecule has 0 saturated carbocycles. The number of carboxylic acid groups (broad SMARTS) is 1. The van der Waals surface area contributed by atoms with Crippen LogP contribution in [0.25, 0.3) is 0 Å². The Balaban J connectivity index is 2.77. The van der Waals surface area contributed by atoms with Gasteiger partial charge in [-0.3, -0.25) is 14.5 Å². The smallest absolute Gasteiger partial charge is 0.326 e. The Morgan fingerprint density at radius 3 is 2.88 bits per heavy atom. The second-order valence-electron chi connectivity index (χ2n) is 4.10. The van der Waals surface area contributed by atoms with Crippen molar-refractivity contribution in [3.8, 4) is 0 Å². The van der Waals surface area contributed by atoms with Gasteiger partial charge in [0.1, 0.15) is 5.54 Å². The van der Waals surface area contributed by atoms with Crippen LogP contribution in [0.3, 0.4) is 0 Å². The molecule has 2 N–H and O–H groups in total. The number of amides is 1. The van der Waals surface area contributed by atoms with Crippen LogP contribution in [0, 0.1) is 0 Å². The summed E-state index contributed by atoms with van der Waals surface area (Å²) in [6.45, 7) is 3.17. The number of carbonyl (C=O) groups excluding carboxylic acids is 1. The maximum absolute atomic E-state index is 11.3. The van der Waals surface area contributed by atoms with E-state index in [2.05, 4.69) is 5.32 Å². The Labute approximate surface area is 94.6 Å². The van der Waals surface area contributed by atoms with E-state index in [0.29, 0.717) is 26.1 Å². The number of methoxy groups -OCH3 is 1. The zero-order valence-electron chi connectivity index (χ0n) is 9.65. The molecule has 16 heavy (non-hydrogen) atoms. The first-order valence-corrected chi connectivity index (χ1v) is 5.25. The fourth-order valence-corrected chi connectivity index (χ4v) is 1.83. The number of ether oxygens (including phenoxy) is 1. The normalized spacial score (nSPS) is 22.0. The summed E-state index contributed by atoms with van der Waals surface area (Å²) in [5.41, 5.74) is -1.07. The van der Waals surface area contributed by atoms with Crippen LogP contribution >= 0.6 is 0 Å². The first kappa shape index (κ1) is 12.9. The summed E-state index contributed by atoms with van der Waals surface area (Å²) in [7, 11) is 1.47. The van der Waals surface area contributed by atoms with Crippen LogP contribution in [-0.2, 0) is 14.3 Å². The molecule has 6 nitrogen and oxygen atoms in total. The number of carbonyl (C=O) groups is 2. The Morgan fingerprint density at radius 2 is 2.31 bits per heavy atom. The van der Waals surface area contributed by atoms with Crippen molar-refractivity contribution >= 4 is 11.9 Å². The van der Waals surface area contributed by atoms with Gasteiger partial charge in [0.25, 0.3) is 0 Å². The highest BCUT2D eigenvalue weighted by atomic mass is 16.5. The zero-order valence-corrected chi connectivity index (χ0v) is 9.65. The summed E-state index contributed by atoms with van der Waals surface area (Å²) in [5, 5.41) is 12.0. The number of aliphatic carboxylic acids is 1. The minimum Gasteiger partial charge on any atom is -0.480 e. The van der Waals surface area contributed by atoms with Gasteiger partial charge in [-0.15, -0.1) is 0 Å². The molecule has 0 aromatic heterocycles. The minimum atomic E-state index is -1.07. The molecule has 92 valence electrons. The molecule has 1 heterocycles. The van der Waals surface area contributed by atoms with Crippen LogP contribution in [0.5, 0.6) is 0 Å². The number of hydrogen-bond donors (Lipinski definition) is 2. The van der Waals surface area contributed by atoms with E-state index in [-0.39, 0.29) is 12.5 Å². The van der Waals surface area contributed by atoms with Gasteiger partial charge in [-0.2, -0.15) is 0 Å². The molecule has 1 amide bonds. The van der Waals surface area contributed by atoms with Crippen molar-refractivity contribution in [2.75, 3.05) is 33.4 Å².